The van der Waals surface area contributed by atoms with Gasteiger partial charge in [0, 0.05) is 19.3 Å². The van der Waals surface area contributed by atoms with E-state index in [2.05, 4.69) is 15.2 Å². The van der Waals surface area contributed by atoms with Gasteiger partial charge in [-0.15, -0.1) is 10.2 Å². The van der Waals surface area contributed by atoms with Gasteiger partial charge in [-0.2, -0.15) is 0 Å². The molecule has 0 radical (unpaired) electrons. The Morgan fingerprint density at radius 2 is 2.04 bits per heavy atom. The van der Waals surface area contributed by atoms with E-state index in [1.54, 1.807) is 11.1 Å². The Morgan fingerprint density at radius 1 is 1.26 bits per heavy atom. The molecule has 1 aliphatic heterocycles. The third kappa shape index (κ3) is 3.04. The zero-order valence-corrected chi connectivity index (χ0v) is 13.9. The van der Waals surface area contributed by atoms with Gasteiger partial charge in [0.05, 0.1) is 6.04 Å². The van der Waals surface area contributed by atoms with E-state index in [-0.39, 0.29) is 12.1 Å². The van der Waals surface area contributed by atoms with Crippen LogP contribution in [-0.4, -0.2) is 42.9 Å². The van der Waals surface area contributed by atoms with Crippen molar-refractivity contribution in [1.82, 2.24) is 24.6 Å². The van der Waals surface area contributed by atoms with Crippen LogP contribution in [0.2, 0.25) is 0 Å². The van der Waals surface area contributed by atoms with Crippen LogP contribution >= 0.6 is 0 Å². The molecule has 0 aliphatic carbocycles. The van der Waals surface area contributed by atoms with Gasteiger partial charge in [-0.05, 0) is 39.8 Å². The fourth-order valence-corrected chi connectivity index (χ4v) is 2.64. The number of fused-ring (bicyclic) bond motifs is 1. The summed E-state index contributed by atoms with van der Waals surface area (Å²) in [4.78, 5) is 18.4. The van der Waals surface area contributed by atoms with Gasteiger partial charge in [0.2, 0.25) is 0 Å². The molecule has 1 unspecified atom stereocenters. The zero-order chi connectivity index (χ0) is 16.6. The van der Waals surface area contributed by atoms with Crippen molar-refractivity contribution in [2.24, 2.45) is 0 Å². The van der Waals surface area contributed by atoms with Crippen molar-refractivity contribution in [2.75, 3.05) is 6.54 Å². The quantitative estimate of drug-likeness (QED) is 0.809. The van der Waals surface area contributed by atoms with Crippen molar-refractivity contribution in [3.05, 3.63) is 30.2 Å². The number of hydrogen-bond acceptors (Lipinski definition) is 5. The average Bonchev–Trinajstić information content (AvgIpc) is 2.91. The summed E-state index contributed by atoms with van der Waals surface area (Å²) in [6, 6.07) is 5.50. The number of carbonyl (C=O) groups excluding carboxylic acids is 1. The Kier molecular flexibility index (Phi) is 3.79. The van der Waals surface area contributed by atoms with E-state index < -0.39 is 5.60 Å². The SMILES string of the molecule is CC1c2nnc(-c3ccccn3)n2CCN1C(=O)OC(C)(C)C. The van der Waals surface area contributed by atoms with Gasteiger partial charge in [-0.3, -0.25) is 9.88 Å². The standard InChI is InChI=1S/C16H21N5O2/c1-11-13-18-19-14(12-7-5-6-8-17-12)21(13)10-9-20(11)15(22)23-16(2,3)4/h5-8,11H,9-10H2,1-4H3. The molecule has 0 aromatic carbocycles. The summed E-state index contributed by atoms with van der Waals surface area (Å²) in [6.07, 6.45) is 1.41. The highest BCUT2D eigenvalue weighted by atomic mass is 16.6. The molecule has 1 aliphatic rings. The van der Waals surface area contributed by atoms with Crippen LogP contribution < -0.4 is 0 Å². The molecular weight excluding hydrogens is 294 g/mol. The van der Waals surface area contributed by atoms with E-state index in [1.807, 2.05) is 50.5 Å². The summed E-state index contributed by atoms with van der Waals surface area (Å²) >= 11 is 0. The minimum atomic E-state index is -0.513. The van der Waals surface area contributed by atoms with E-state index in [4.69, 9.17) is 4.74 Å². The Morgan fingerprint density at radius 3 is 2.70 bits per heavy atom. The van der Waals surface area contributed by atoms with Crippen molar-refractivity contribution in [2.45, 2.75) is 45.9 Å². The summed E-state index contributed by atoms with van der Waals surface area (Å²) in [6.45, 7) is 8.70. The molecule has 7 nitrogen and oxygen atoms in total. The van der Waals surface area contributed by atoms with Crippen molar-refractivity contribution in [1.29, 1.82) is 0 Å². The van der Waals surface area contributed by atoms with Gasteiger partial charge in [0.25, 0.3) is 0 Å². The van der Waals surface area contributed by atoms with Crippen LogP contribution in [0.4, 0.5) is 4.79 Å². The molecule has 0 fully saturated rings. The lowest BCUT2D eigenvalue weighted by Crippen LogP contribution is -2.43. The number of rotatable bonds is 1. The van der Waals surface area contributed by atoms with Crippen molar-refractivity contribution >= 4 is 6.09 Å². The number of ether oxygens (including phenoxy) is 1. The molecule has 0 spiro atoms. The minimum Gasteiger partial charge on any atom is -0.444 e. The smallest absolute Gasteiger partial charge is 0.410 e. The average molecular weight is 315 g/mol. The van der Waals surface area contributed by atoms with Crippen molar-refractivity contribution in [3.63, 3.8) is 0 Å². The molecule has 3 heterocycles. The molecule has 23 heavy (non-hydrogen) atoms. The lowest BCUT2D eigenvalue weighted by atomic mass is 10.2. The van der Waals surface area contributed by atoms with E-state index in [9.17, 15) is 4.79 Å². The zero-order valence-electron chi connectivity index (χ0n) is 13.9. The van der Waals surface area contributed by atoms with Crippen LogP contribution in [0.25, 0.3) is 11.5 Å². The summed E-state index contributed by atoms with van der Waals surface area (Å²) in [7, 11) is 0. The molecule has 122 valence electrons. The maximum atomic E-state index is 12.3. The molecule has 0 saturated carbocycles. The van der Waals surface area contributed by atoms with Crippen LogP contribution in [0.15, 0.2) is 24.4 Å². The number of aromatic nitrogens is 4. The predicted molar refractivity (Wildman–Crippen MR) is 84.6 cm³/mol. The first kappa shape index (κ1) is 15.5. The van der Waals surface area contributed by atoms with Crippen molar-refractivity contribution in [3.8, 4) is 11.5 Å². The Labute approximate surface area is 135 Å². The number of hydrogen-bond donors (Lipinski definition) is 0. The van der Waals surface area contributed by atoms with Gasteiger partial charge in [0.15, 0.2) is 11.6 Å². The lowest BCUT2D eigenvalue weighted by molar-refractivity contribution is 0.0121. The molecular formula is C16H21N5O2. The van der Waals surface area contributed by atoms with Crippen LogP contribution in [0.5, 0.6) is 0 Å². The molecule has 7 heteroatoms. The Balaban J connectivity index is 1.86. The molecule has 2 aromatic heterocycles. The van der Waals surface area contributed by atoms with Crippen LogP contribution in [-0.2, 0) is 11.3 Å². The summed E-state index contributed by atoms with van der Waals surface area (Å²) < 4.78 is 7.49. The highest BCUT2D eigenvalue weighted by Crippen LogP contribution is 2.28. The second kappa shape index (κ2) is 5.64. The molecule has 0 N–H and O–H groups in total. The maximum absolute atomic E-state index is 12.3. The minimum absolute atomic E-state index is 0.191. The topological polar surface area (TPSA) is 73.1 Å². The van der Waals surface area contributed by atoms with E-state index in [1.165, 1.54) is 0 Å². The first-order chi connectivity index (χ1) is 10.9. The lowest BCUT2D eigenvalue weighted by Gasteiger charge is -2.34. The van der Waals surface area contributed by atoms with E-state index >= 15 is 0 Å². The van der Waals surface area contributed by atoms with Crippen molar-refractivity contribution < 1.29 is 9.53 Å². The summed E-state index contributed by atoms with van der Waals surface area (Å²) in [5, 5.41) is 8.53. The fourth-order valence-electron chi connectivity index (χ4n) is 2.64. The van der Waals surface area contributed by atoms with Crippen LogP contribution in [0.1, 0.15) is 39.6 Å². The van der Waals surface area contributed by atoms with Gasteiger partial charge in [-0.25, -0.2) is 4.79 Å². The number of amides is 1. The molecule has 2 aromatic rings. The third-order valence-electron chi connectivity index (χ3n) is 3.71. The number of carbonyl (C=O) groups is 1. The summed E-state index contributed by atoms with van der Waals surface area (Å²) in [5.74, 6) is 1.49. The largest absolute Gasteiger partial charge is 0.444 e. The first-order valence-electron chi connectivity index (χ1n) is 7.71. The van der Waals surface area contributed by atoms with Crippen LogP contribution in [0.3, 0.4) is 0 Å². The predicted octanol–water partition coefficient (Wildman–Crippen LogP) is 2.65. The van der Waals surface area contributed by atoms with E-state index in [0.717, 1.165) is 17.3 Å². The molecule has 0 saturated heterocycles. The van der Waals surface area contributed by atoms with Crippen LogP contribution in [0, 0.1) is 0 Å². The fraction of sp³-hybridized carbons (Fsp3) is 0.500. The van der Waals surface area contributed by atoms with E-state index in [0.29, 0.717) is 13.1 Å². The van der Waals surface area contributed by atoms with Gasteiger partial charge < -0.3 is 9.30 Å². The molecule has 1 atom stereocenters. The Hall–Kier alpha value is -2.44. The van der Waals surface area contributed by atoms with Gasteiger partial charge >= 0.3 is 6.09 Å². The van der Waals surface area contributed by atoms with Gasteiger partial charge in [-0.1, -0.05) is 6.07 Å². The normalized spacial score (nSPS) is 17.7. The number of pyridine rings is 1. The second-order valence-electron chi connectivity index (χ2n) is 6.60. The highest BCUT2D eigenvalue weighted by Gasteiger charge is 2.34. The molecule has 0 bridgehead atoms. The third-order valence-corrected chi connectivity index (χ3v) is 3.71. The monoisotopic (exact) mass is 315 g/mol. The molecule has 1 amide bonds. The Bertz CT molecular complexity index is 705. The first-order valence-corrected chi connectivity index (χ1v) is 7.71. The number of nitrogens with zero attached hydrogens (tertiary/aromatic N) is 5. The van der Waals surface area contributed by atoms with Gasteiger partial charge in [0.1, 0.15) is 11.3 Å². The summed E-state index contributed by atoms with van der Waals surface area (Å²) in [5.41, 5.74) is 0.269. The molecule has 3 rings (SSSR count). The second-order valence-corrected chi connectivity index (χ2v) is 6.60. The maximum Gasteiger partial charge on any atom is 0.410 e. The highest BCUT2D eigenvalue weighted by molar-refractivity contribution is 5.69.